The van der Waals surface area contributed by atoms with Gasteiger partial charge in [0.25, 0.3) is 0 Å². The average molecular weight is 270 g/mol. The molecule has 0 aromatic heterocycles. The van der Waals surface area contributed by atoms with Crippen molar-refractivity contribution in [3.8, 4) is 0 Å². The van der Waals surface area contributed by atoms with E-state index >= 15 is 0 Å². The summed E-state index contributed by atoms with van der Waals surface area (Å²) in [5, 5.41) is 3.09. The zero-order chi connectivity index (χ0) is 15.0. The Kier molecular flexibility index (Phi) is 8.65. The van der Waals surface area contributed by atoms with Crippen molar-refractivity contribution in [1.82, 2.24) is 10.2 Å². The van der Waals surface area contributed by atoms with Crippen LogP contribution in [0.15, 0.2) is 0 Å². The van der Waals surface area contributed by atoms with Gasteiger partial charge in [0.2, 0.25) is 5.91 Å². The number of hydrogen-bond acceptors (Lipinski definition) is 3. The second kappa shape index (κ2) is 9.08. The molecule has 0 fully saturated rings. The number of aldehydes is 1. The average Bonchev–Trinajstić information content (AvgIpc) is 2.38. The molecular weight excluding hydrogens is 240 g/mol. The van der Waals surface area contributed by atoms with E-state index in [0.717, 1.165) is 19.1 Å². The number of hydrogen-bond donors (Lipinski definition) is 1. The quantitative estimate of drug-likeness (QED) is 0.653. The summed E-state index contributed by atoms with van der Waals surface area (Å²) in [6, 6.07) is -0.0231. The van der Waals surface area contributed by atoms with Gasteiger partial charge >= 0.3 is 0 Å². The van der Waals surface area contributed by atoms with Gasteiger partial charge in [-0.15, -0.1) is 0 Å². The van der Waals surface area contributed by atoms with Crippen molar-refractivity contribution in [2.75, 3.05) is 14.1 Å². The lowest BCUT2D eigenvalue weighted by Crippen LogP contribution is -2.51. The highest BCUT2D eigenvalue weighted by molar-refractivity contribution is 5.82. The third kappa shape index (κ3) is 5.31. The van der Waals surface area contributed by atoms with Crippen molar-refractivity contribution >= 4 is 12.2 Å². The minimum absolute atomic E-state index is 0.119. The lowest BCUT2D eigenvalue weighted by atomic mass is 9.92. The molecule has 0 spiro atoms. The smallest absolute Gasteiger partial charge is 0.239 e. The molecule has 4 heteroatoms. The van der Waals surface area contributed by atoms with Crippen LogP contribution in [0, 0.1) is 11.8 Å². The van der Waals surface area contributed by atoms with Gasteiger partial charge in [-0.25, -0.2) is 0 Å². The standard InChI is InChI=1S/C15H30N2O2/c1-7-12(4)13(9-8-10-18)17(6)15(19)14(16-5)11(2)3/h10-14,16H,7-9H2,1-6H3/t12?,13-,14?/m1/s1. The van der Waals surface area contributed by atoms with E-state index in [1.165, 1.54) is 0 Å². The Morgan fingerprint density at radius 2 is 1.89 bits per heavy atom. The molecular formula is C15H30N2O2. The molecule has 0 aromatic rings. The second-order valence-corrected chi connectivity index (χ2v) is 5.66. The molecule has 112 valence electrons. The molecule has 0 aliphatic carbocycles. The Morgan fingerprint density at radius 3 is 2.26 bits per heavy atom. The van der Waals surface area contributed by atoms with Crippen LogP contribution in [0.2, 0.25) is 0 Å². The summed E-state index contributed by atoms with van der Waals surface area (Å²) in [6.07, 6.45) is 3.20. The van der Waals surface area contributed by atoms with Crippen LogP contribution in [-0.2, 0) is 9.59 Å². The van der Waals surface area contributed by atoms with E-state index in [-0.39, 0.29) is 23.9 Å². The predicted octanol–water partition coefficient (Wildman–Crippen LogP) is 2.08. The van der Waals surface area contributed by atoms with Gasteiger partial charge in [0.1, 0.15) is 6.29 Å². The number of likely N-dealkylation sites (N-methyl/N-ethyl adjacent to an activating group) is 2. The number of amides is 1. The second-order valence-electron chi connectivity index (χ2n) is 5.66. The molecule has 19 heavy (non-hydrogen) atoms. The molecule has 1 N–H and O–H groups in total. The molecule has 0 aliphatic heterocycles. The summed E-state index contributed by atoms with van der Waals surface area (Å²) in [5.41, 5.74) is 0. The van der Waals surface area contributed by atoms with E-state index in [4.69, 9.17) is 0 Å². The molecule has 0 heterocycles. The fourth-order valence-electron chi connectivity index (χ4n) is 2.50. The first-order valence-corrected chi connectivity index (χ1v) is 7.28. The van der Waals surface area contributed by atoms with E-state index in [9.17, 15) is 9.59 Å². The van der Waals surface area contributed by atoms with Gasteiger partial charge in [-0.1, -0.05) is 34.1 Å². The SMILES string of the molecule is CCC(C)[C@@H](CCC=O)N(C)C(=O)C(NC)C(C)C. The zero-order valence-electron chi connectivity index (χ0n) is 13.3. The largest absolute Gasteiger partial charge is 0.341 e. The Bertz CT molecular complexity index is 279. The summed E-state index contributed by atoms with van der Waals surface area (Å²) < 4.78 is 0. The molecule has 3 atom stereocenters. The third-order valence-corrected chi connectivity index (χ3v) is 3.97. The lowest BCUT2D eigenvalue weighted by Gasteiger charge is -2.35. The van der Waals surface area contributed by atoms with Gasteiger partial charge in [-0.05, 0) is 25.3 Å². The number of nitrogens with one attached hydrogen (secondary N) is 1. The summed E-state index contributed by atoms with van der Waals surface area (Å²) in [4.78, 5) is 24.9. The number of carbonyl (C=O) groups excluding carboxylic acids is 2. The number of carbonyl (C=O) groups is 2. The minimum atomic E-state index is -0.159. The first-order valence-electron chi connectivity index (χ1n) is 7.28. The van der Waals surface area contributed by atoms with Crippen molar-refractivity contribution in [3.05, 3.63) is 0 Å². The first-order chi connectivity index (χ1) is 8.90. The van der Waals surface area contributed by atoms with Gasteiger partial charge in [-0.3, -0.25) is 4.79 Å². The van der Waals surface area contributed by atoms with E-state index in [1.54, 1.807) is 0 Å². The first kappa shape index (κ1) is 18.1. The van der Waals surface area contributed by atoms with Crippen LogP contribution in [0.1, 0.15) is 47.0 Å². The normalized spacial score (nSPS) is 15.9. The molecule has 1 amide bonds. The Balaban J connectivity index is 4.90. The van der Waals surface area contributed by atoms with Crippen molar-refractivity contribution in [1.29, 1.82) is 0 Å². The summed E-state index contributed by atoms with van der Waals surface area (Å²) in [6.45, 7) is 8.34. The molecule has 4 nitrogen and oxygen atoms in total. The van der Waals surface area contributed by atoms with Crippen LogP contribution in [0.25, 0.3) is 0 Å². The van der Waals surface area contributed by atoms with Crippen molar-refractivity contribution in [2.45, 2.75) is 59.0 Å². The highest BCUT2D eigenvalue weighted by atomic mass is 16.2. The van der Waals surface area contributed by atoms with Crippen LogP contribution < -0.4 is 5.32 Å². The van der Waals surface area contributed by atoms with E-state index in [2.05, 4.69) is 19.2 Å². The molecule has 2 unspecified atom stereocenters. The van der Waals surface area contributed by atoms with Gasteiger partial charge < -0.3 is 15.0 Å². The fraction of sp³-hybridized carbons (Fsp3) is 0.867. The predicted molar refractivity (Wildman–Crippen MR) is 79.0 cm³/mol. The monoisotopic (exact) mass is 270 g/mol. The Morgan fingerprint density at radius 1 is 1.32 bits per heavy atom. The molecule has 0 rings (SSSR count). The summed E-state index contributed by atoms with van der Waals surface area (Å²) in [5.74, 6) is 0.774. The molecule has 0 bridgehead atoms. The van der Waals surface area contributed by atoms with E-state index in [0.29, 0.717) is 12.3 Å². The van der Waals surface area contributed by atoms with Gasteiger partial charge in [0, 0.05) is 19.5 Å². The number of rotatable bonds is 9. The van der Waals surface area contributed by atoms with Crippen molar-refractivity contribution in [3.63, 3.8) is 0 Å². The third-order valence-electron chi connectivity index (χ3n) is 3.97. The highest BCUT2D eigenvalue weighted by Gasteiger charge is 2.29. The Hall–Kier alpha value is -0.900. The van der Waals surface area contributed by atoms with Crippen LogP contribution in [0.5, 0.6) is 0 Å². The zero-order valence-corrected chi connectivity index (χ0v) is 13.3. The van der Waals surface area contributed by atoms with Gasteiger partial charge in [0.05, 0.1) is 6.04 Å². The summed E-state index contributed by atoms with van der Waals surface area (Å²) in [7, 11) is 3.68. The number of nitrogens with zero attached hydrogens (tertiary/aromatic N) is 1. The fourth-order valence-corrected chi connectivity index (χ4v) is 2.50. The summed E-state index contributed by atoms with van der Waals surface area (Å²) >= 11 is 0. The topological polar surface area (TPSA) is 49.4 Å². The lowest BCUT2D eigenvalue weighted by molar-refractivity contribution is -0.136. The molecule has 0 aliphatic rings. The maximum absolute atomic E-state index is 12.5. The van der Waals surface area contributed by atoms with E-state index < -0.39 is 0 Å². The Labute approximate surface area is 117 Å². The minimum Gasteiger partial charge on any atom is -0.341 e. The molecule has 0 radical (unpaired) electrons. The van der Waals surface area contributed by atoms with E-state index in [1.807, 2.05) is 32.8 Å². The van der Waals surface area contributed by atoms with Crippen molar-refractivity contribution in [2.24, 2.45) is 11.8 Å². The van der Waals surface area contributed by atoms with Crippen LogP contribution >= 0.6 is 0 Å². The maximum Gasteiger partial charge on any atom is 0.239 e. The maximum atomic E-state index is 12.5. The molecule has 0 saturated carbocycles. The van der Waals surface area contributed by atoms with Gasteiger partial charge in [0.15, 0.2) is 0 Å². The molecule has 0 aromatic carbocycles. The van der Waals surface area contributed by atoms with Crippen LogP contribution in [0.3, 0.4) is 0 Å². The van der Waals surface area contributed by atoms with Crippen LogP contribution in [-0.4, -0.2) is 43.3 Å². The molecule has 0 saturated heterocycles. The highest BCUT2D eigenvalue weighted by Crippen LogP contribution is 2.20. The van der Waals surface area contributed by atoms with Crippen LogP contribution in [0.4, 0.5) is 0 Å². The van der Waals surface area contributed by atoms with Gasteiger partial charge in [-0.2, -0.15) is 0 Å². The van der Waals surface area contributed by atoms with Crippen molar-refractivity contribution < 1.29 is 9.59 Å².